The molecule has 4 rings (SSSR count). The first-order valence-corrected chi connectivity index (χ1v) is 10.2. The molecule has 0 bridgehead atoms. The van der Waals surface area contributed by atoms with Crippen molar-refractivity contribution < 1.29 is 23.7 Å². The minimum atomic E-state index is -0.0781. The van der Waals surface area contributed by atoms with E-state index in [0.29, 0.717) is 48.5 Å². The number of methoxy groups -OCH3 is 1. The van der Waals surface area contributed by atoms with Gasteiger partial charge < -0.3 is 23.8 Å². The van der Waals surface area contributed by atoms with Gasteiger partial charge in [0.25, 0.3) is 5.91 Å². The Hall–Kier alpha value is -2.60. The molecule has 1 atom stereocenters. The molecule has 6 nitrogen and oxygen atoms in total. The fraction of sp³-hybridized carbons (Fsp3) is 0.409. The first-order valence-electron chi connectivity index (χ1n) is 9.83. The lowest BCUT2D eigenvalue weighted by molar-refractivity contribution is 0.0734. The van der Waals surface area contributed by atoms with E-state index < -0.39 is 0 Å². The van der Waals surface area contributed by atoms with Crippen LogP contribution in [0.4, 0.5) is 0 Å². The average molecular weight is 418 g/mol. The minimum absolute atomic E-state index is 0.0188. The molecule has 29 heavy (non-hydrogen) atoms. The Morgan fingerprint density at radius 3 is 2.76 bits per heavy atom. The fourth-order valence-corrected chi connectivity index (χ4v) is 4.18. The Labute approximate surface area is 175 Å². The first kappa shape index (κ1) is 19.7. The quantitative estimate of drug-likeness (QED) is 0.717. The normalized spacial score (nSPS) is 17.9. The maximum absolute atomic E-state index is 13.3. The lowest BCUT2D eigenvalue weighted by atomic mass is 10.0. The van der Waals surface area contributed by atoms with Gasteiger partial charge in [-0.2, -0.15) is 0 Å². The number of nitrogens with zero attached hydrogens (tertiary/aromatic N) is 1. The molecule has 1 fully saturated rings. The number of hydrogen-bond donors (Lipinski definition) is 0. The number of carbonyl (C=O) groups excluding carboxylic acids is 1. The minimum Gasteiger partial charge on any atom is -0.493 e. The zero-order valence-corrected chi connectivity index (χ0v) is 17.3. The second-order valence-electron chi connectivity index (χ2n) is 6.98. The van der Waals surface area contributed by atoms with Crippen LogP contribution in [-0.2, 0) is 0 Å². The molecule has 1 amide bonds. The van der Waals surface area contributed by atoms with E-state index in [1.807, 2.05) is 30.0 Å². The summed E-state index contributed by atoms with van der Waals surface area (Å²) < 4.78 is 22.3. The summed E-state index contributed by atoms with van der Waals surface area (Å²) in [5.74, 6) is 2.32. The van der Waals surface area contributed by atoms with Gasteiger partial charge >= 0.3 is 0 Å². The lowest BCUT2D eigenvalue weighted by Crippen LogP contribution is -2.30. The van der Waals surface area contributed by atoms with Crippen molar-refractivity contribution in [1.29, 1.82) is 0 Å². The monoisotopic (exact) mass is 417 g/mol. The van der Waals surface area contributed by atoms with Crippen LogP contribution < -0.4 is 18.9 Å². The molecule has 0 saturated carbocycles. The Balaban J connectivity index is 1.62. The summed E-state index contributed by atoms with van der Waals surface area (Å²) in [6.45, 7) is 4.11. The SMILES string of the molecule is CCOc1c(Cl)cc(C(=O)N2CCC[C@H]2c2ccc3c(c2)OCCO3)cc1OC. The van der Waals surface area contributed by atoms with E-state index in [1.54, 1.807) is 12.1 Å². The van der Waals surface area contributed by atoms with Gasteiger partial charge in [0.1, 0.15) is 13.2 Å². The highest BCUT2D eigenvalue weighted by Gasteiger charge is 2.32. The fourth-order valence-electron chi connectivity index (χ4n) is 3.92. The van der Waals surface area contributed by atoms with E-state index in [4.69, 9.17) is 30.5 Å². The van der Waals surface area contributed by atoms with Crippen molar-refractivity contribution in [3.8, 4) is 23.0 Å². The van der Waals surface area contributed by atoms with Crippen molar-refractivity contribution in [2.45, 2.75) is 25.8 Å². The molecule has 2 aliphatic heterocycles. The summed E-state index contributed by atoms with van der Waals surface area (Å²) in [7, 11) is 1.54. The van der Waals surface area contributed by atoms with E-state index in [2.05, 4.69) is 0 Å². The maximum Gasteiger partial charge on any atom is 0.254 e. The topological polar surface area (TPSA) is 57.2 Å². The van der Waals surface area contributed by atoms with Gasteiger partial charge in [0.2, 0.25) is 0 Å². The smallest absolute Gasteiger partial charge is 0.254 e. The number of benzene rings is 2. The molecule has 2 aromatic carbocycles. The number of carbonyl (C=O) groups is 1. The highest BCUT2D eigenvalue weighted by molar-refractivity contribution is 6.32. The largest absolute Gasteiger partial charge is 0.493 e. The molecule has 0 aliphatic carbocycles. The van der Waals surface area contributed by atoms with Gasteiger partial charge in [-0.3, -0.25) is 4.79 Å². The predicted octanol–water partition coefficient (Wildman–Crippen LogP) is 4.50. The van der Waals surface area contributed by atoms with Gasteiger partial charge in [0, 0.05) is 12.1 Å². The van der Waals surface area contributed by atoms with Gasteiger partial charge in [-0.1, -0.05) is 17.7 Å². The van der Waals surface area contributed by atoms with Gasteiger partial charge in [0.15, 0.2) is 23.0 Å². The Morgan fingerprint density at radius 1 is 1.21 bits per heavy atom. The molecule has 0 aromatic heterocycles. The summed E-state index contributed by atoms with van der Waals surface area (Å²) in [5.41, 5.74) is 1.53. The third-order valence-corrected chi connectivity index (χ3v) is 5.51. The molecule has 0 N–H and O–H groups in total. The van der Waals surface area contributed by atoms with E-state index >= 15 is 0 Å². The second-order valence-corrected chi connectivity index (χ2v) is 7.39. The van der Waals surface area contributed by atoms with Crippen LogP contribution in [0.25, 0.3) is 0 Å². The maximum atomic E-state index is 13.3. The number of rotatable bonds is 5. The molecule has 1 saturated heterocycles. The van der Waals surface area contributed by atoms with Crippen molar-refractivity contribution >= 4 is 17.5 Å². The van der Waals surface area contributed by atoms with Crippen LogP contribution in [0.1, 0.15) is 41.7 Å². The van der Waals surface area contributed by atoms with Crippen molar-refractivity contribution in [3.63, 3.8) is 0 Å². The van der Waals surface area contributed by atoms with Crippen molar-refractivity contribution in [3.05, 3.63) is 46.5 Å². The van der Waals surface area contributed by atoms with Crippen LogP contribution >= 0.6 is 11.6 Å². The summed E-state index contributed by atoms with van der Waals surface area (Å²) >= 11 is 6.37. The molecule has 2 aromatic rings. The first-order chi connectivity index (χ1) is 14.1. The molecule has 0 unspecified atom stereocenters. The van der Waals surface area contributed by atoms with E-state index in [0.717, 1.165) is 29.9 Å². The molecule has 2 aliphatic rings. The molecule has 154 valence electrons. The number of amides is 1. The molecule has 0 spiro atoms. The number of likely N-dealkylation sites (tertiary alicyclic amines) is 1. The predicted molar refractivity (Wildman–Crippen MR) is 110 cm³/mol. The Bertz CT molecular complexity index is 916. The zero-order chi connectivity index (χ0) is 20.4. The lowest BCUT2D eigenvalue weighted by Gasteiger charge is -2.27. The number of hydrogen-bond acceptors (Lipinski definition) is 5. The summed E-state index contributed by atoms with van der Waals surface area (Å²) in [4.78, 5) is 15.2. The van der Waals surface area contributed by atoms with Crippen molar-refractivity contribution in [2.75, 3.05) is 33.5 Å². The van der Waals surface area contributed by atoms with Crippen LogP contribution in [0.3, 0.4) is 0 Å². The van der Waals surface area contributed by atoms with Crippen molar-refractivity contribution in [1.82, 2.24) is 4.90 Å². The third-order valence-electron chi connectivity index (χ3n) is 5.23. The van der Waals surface area contributed by atoms with Crippen LogP contribution in [0.2, 0.25) is 5.02 Å². The van der Waals surface area contributed by atoms with Crippen LogP contribution in [0, 0.1) is 0 Å². The molecule has 0 radical (unpaired) electrons. The standard InChI is InChI=1S/C22H24ClNO5/c1-3-27-21-16(23)11-15(13-20(21)26-2)22(25)24-8-4-5-17(24)14-6-7-18-19(12-14)29-10-9-28-18/h6-7,11-13,17H,3-5,8-10H2,1-2H3/t17-/m0/s1. The number of ether oxygens (including phenoxy) is 4. The molecule has 7 heteroatoms. The number of halogens is 1. The number of fused-ring (bicyclic) bond motifs is 1. The van der Waals surface area contributed by atoms with Crippen LogP contribution in [-0.4, -0.2) is 44.3 Å². The van der Waals surface area contributed by atoms with E-state index in [9.17, 15) is 4.79 Å². The third kappa shape index (κ3) is 3.81. The zero-order valence-electron chi connectivity index (χ0n) is 16.6. The van der Waals surface area contributed by atoms with Crippen LogP contribution in [0.5, 0.6) is 23.0 Å². The van der Waals surface area contributed by atoms with Gasteiger partial charge in [0.05, 0.1) is 24.8 Å². The van der Waals surface area contributed by atoms with Gasteiger partial charge in [-0.05, 0) is 49.6 Å². The second kappa shape index (κ2) is 8.41. The Kier molecular flexibility index (Phi) is 5.72. The summed E-state index contributed by atoms with van der Waals surface area (Å²) in [5, 5.41) is 0.365. The average Bonchev–Trinajstić information content (AvgIpc) is 3.24. The van der Waals surface area contributed by atoms with E-state index in [1.165, 1.54) is 7.11 Å². The Morgan fingerprint density at radius 2 is 2.00 bits per heavy atom. The highest BCUT2D eigenvalue weighted by atomic mass is 35.5. The molecule has 2 heterocycles. The van der Waals surface area contributed by atoms with Crippen LogP contribution in [0.15, 0.2) is 30.3 Å². The summed E-state index contributed by atoms with van der Waals surface area (Å²) in [6, 6.07) is 9.23. The summed E-state index contributed by atoms with van der Waals surface area (Å²) in [6.07, 6.45) is 1.83. The molecular weight excluding hydrogens is 394 g/mol. The van der Waals surface area contributed by atoms with Gasteiger partial charge in [-0.15, -0.1) is 0 Å². The van der Waals surface area contributed by atoms with E-state index in [-0.39, 0.29) is 11.9 Å². The molecular formula is C22H24ClNO5. The van der Waals surface area contributed by atoms with Gasteiger partial charge in [-0.25, -0.2) is 0 Å². The van der Waals surface area contributed by atoms with Crippen molar-refractivity contribution in [2.24, 2.45) is 0 Å². The highest BCUT2D eigenvalue weighted by Crippen LogP contribution is 2.40.